The number of rotatable bonds is 5. The van der Waals surface area contributed by atoms with E-state index < -0.39 is 0 Å². The highest BCUT2D eigenvalue weighted by atomic mass is 35.5. The second kappa shape index (κ2) is 8.90. The van der Waals surface area contributed by atoms with E-state index in [9.17, 15) is 4.79 Å². The minimum atomic E-state index is -0.217. The van der Waals surface area contributed by atoms with Crippen molar-refractivity contribution in [1.82, 2.24) is 10.6 Å². The van der Waals surface area contributed by atoms with Crippen molar-refractivity contribution in [2.45, 2.75) is 44.6 Å². The molecule has 0 unspecified atom stereocenters. The van der Waals surface area contributed by atoms with Crippen molar-refractivity contribution in [2.75, 3.05) is 18.4 Å². The van der Waals surface area contributed by atoms with Gasteiger partial charge >= 0.3 is 6.03 Å². The lowest BCUT2D eigenvalue weighted by atomic mass is 10.1. The van der Waals surface area contributed by atoms with Crippen LogP contribution in [0.1, 0.15) is 38.5 Å². The van der Waals surface area contributed by atoms with Crippen LogP contribution in [0.3, 0.4) is 0 Å². The molecule has 1 aromatic carbocycles. The summed E-state index contributed by atoms with van der Waals surface area (Å²) in [5, 5.41) is 9.66. The highest BCUT2D eigenvalue weighted by Gasteiger charge is 2.11. The van der Waals surface area contributed by atoms with Crippen LogP contribution in [0.4, 0.5) is 10.5 Å². The smallest absolute Gasteiger partial charge is 0.319 e. The zero-order valence-corrected chi connectivity index (χ0v) is 13.1. The average molecular weight is 310 g/mol. The molecule has 116 valence electrons. The van der Waals surface area contributed by atoms with Gasteiger partial charge in [-0.05, 0) is 25.0 Å². The van der Waals surface area contributed by atoms with Crippen molar-refractivity contribution in [2.24, 2.45) is 0 Å². The zero-order valence-electron chi connectivity index (χ0n) is 12.3. The minimum absolute atomic E-state index is 0.217. The lowest BCUT2D eigenvalue weighted by Gasteiger charge is -2.16. The standard InChI is InChI=1S/C16H24ClN3O/c17-14-9-5-6-10-15(14)20-16(21)19-12-11-18-13-7-3-1-2-4-8-13/h5-6,9-10,13,18H,1-4,7-8,11-12H2,(H2,19,20,21). The third kappa shape index (κ3) is 5.94. The SMILES string of the molecule is O=C(NCCNC1CCCCCC1)Nc1ccccc1Cl. The van der Waals surface area contributed by atoms with Gasteiger partial charge < -0.3 is 16.0 Å². The minimum Gasteiger partial charge on any atom is -0.337 e. The van der Waals surface area contributed by atoms with E-state index in [-0.39, 0.29) is 6.03 Å². The molecule has 1 aromatic rings. The van der Waals surface area contributed by atoms with E-state index in [1.165, 1.54) is 38.5 Å². The topological polar surface area (TPSA) is 53.2 Å². The quantitative estimate of drug-likeness (QED) is 0.573. The van der Waals surface area contributed by atoms with Crippen LogP contribution in [-0.2, 0) is 0 Å². The van der Waals surface area contributed by atoms with Crippen molar-refractivity contribution < 1.29 is 4.79 Å². The first-order chi connectivity index (χ1) is 10.3. The Labute approximate surface area is 131 Å². The number of benzene rings is 1. The van der Waals surface area contributed by atoms with Gasteiger partial charge in [-0.2, -0.15) is 0 Å². The first-order valence-electron chi connectivity index (χ1n) is 7.78. The van der Waals surface area contributed by atoms with Crippen LogP contribution in [0.5, 0.6) is 0 Å². The Balaban J connectivity index is 1.62. The predicted molar refractivity (Wildman–Crippen MR) is 88.0 cm³/mol. The fourth-order valence-electron chi connectivity index (χ4n) is 2.66. The van der Waals surface area contributed by atoms with Crippen LogP contribution in [0.2, 0.25) is 5.02 Å². The number of hydrogen-bond acceptors (Lipinski definition) is 2. The number of hydrogen-bond donors (Lipinski definition) is 3. The molecular weight excluding hydrogens is 286 g/mol. The summed E-state index contributed by atoms with van der Waals surface area (Å²) >= 11 is 5.99. The lowest BCUT2D eigenvalue weighted by molar-refractivity contribution is 0.252. The highest BCUT2D eigenvalue weighted by Crippen LogP contribution is 2.20. The number of carbonyl (C=O) groups is 1. The average Bonchev–Trinajstić information content (AvgIpc) is 2.75. The predicted octanol–water partition coefficient (Wildman–Crippen LogP) is 3.77. The third-order valence-corrected chi connectivity index (χ3v) is 4.15. The fourth-order valence-corrected chi connectivity index (χ4v) is 2.85. The Morgan fingerprint density at radius 1 is 1.10 bits per heavy atom. The lowest BCUT2D eigenvalue weighted by Crippen LogP contribution is -2.38. The Kier molecular flexibility index (Phi) is 6.83. The number of amides is 2. The van der Waals surface area contributed by atoms with E-state index in [2.05, 4.69) is 16.0 Å². The van der Waals surface area contributed by atoms with Gasteiger partial charge in [-0.15, -0.1) is 0 Å². The van der Waals surface area contributed by atoms with E-state index in [1.54, 1.807) is 12.1 Å². The molecule has 1 aliphatic rings. The molecule has 4 nitrogen and oxygen atoms in total. The van der Waals surface area contributed by atoms with E-state index in [4.69, 9.17) is 11.6 Å². The maximum absolute atomic E-state index is 11.8. The second-order valence-electron chi connectivity index (χ2n) is 5.50. The molecule has 2 amide bonds. The van der Waals surface area contributed by atoms with Crippen LogP contribution in [0.25, 0.3) is 0 Å². The normalized spacial score (nSPS) is 16.2. The molecule has 0 atom stereocenters. The van der Waals surface area contributed by atoms with E-state index in [1.807, 2.05) is 12.1 Å². The van der Waals surface area contributed by atoms with Crippen LogP contribution >= 0.6 is 11.6 Å². The summed E-state index contributed by atoms with van der Waals surface area (Å²) in [6, 6.07) is 7.61. The molecule has 3 N–H and O–H groups in total. The summed E-state index contributed by atoms with van der Waals surface area (Å²) in [4.78, 5) is 11.8. The van der Waals surface area contributed by atoms with Crippen molar-refractivity contribution in [3.05, 3.63) is 29.3 Å². The summed E-state index contributed by atoms with van der Waals surface area (Å²) in [6.07, 6.45) is 7.86. The maximum Gasteiger partial charge on any atom is 0.319 e. The van der Waals surface area contributed by atoms with Gasteiger partial charge in [-0.1, -0.05) is 49.4 Å². The van der Waals surface area contributed by atoms with Crippen LogP contribution in [0, 0.1) is 0 Å². The molecule has 0 aromatic heterocycles. The monoisotopic (exact) mass is 309 g/mol. The molecule has 0 heterocycles. The summed E-state index contributed by atoms with van der Waals surface area (Å²) < 4.78 is 0. The number of nitrogens with one attached hydrogen (secondary N) is 3. The number of urea groups is 1. The molecule has 0 aliphatic heterocycles. The zero-order chi connectivity index (χ0) is 14.9. The first kappa shape index (κ1) is 16.1. The second-order valence-corrected chi connectivity index (χ2v) is 5.91. The molecular formula is C16H24ClN3O. The fraction of sp³-hybridized carbons (Fsp3) is 0.562. The van der Waals surface area contributed by atoms with E-state index in [0.717, 1.165) is 6.54 Å². The van der Waals surface area contributed by atoms with Gasteiger partial charge in [0, 0.05) is 19.1 Å². The first-order valence-corrected chi connectivity index (χ1v) is 8.16. The van der Waals surface area contributed by atoms with E-state index >= 15 is 0 Å². The highest BCUT2D eigenvalue weighted by molar-refractivity contribution is 6.33. The number of carbonyl (C=O) groups excluding carboxylic acids is 1. The molecule has 21 heavy (non-hydrogen) atoms. The van der Waals surface area contributed by atoms with Crippen LogP contribution < -0.4 is 16.0 Å². The van der Waals surface area contributed by atoms with Gasteiger partial charge in [0.05, 0.1) is 10.7 Å². The van der Waals surface area contributed by atoms with Gasteiger partial charge in [0.15, 0.2) is 0 Å². The molecule has 1 fully saturated rings. The molecule has 2 rings (SSSR count). The van der Waals surface area contributed by atoms with Gasteiger partial charge in [0.25, 0.3) is 0 Å². The molecule has 0 radical (unpaired) electrons. The van der Waals surface area contributed by atoms with Crippen molar-refractivity contribution >= 4 is 23.3 Å². The largest absolute Gasteiger partial charge is 0.337 e. The van der Waals surface area contributed by atoms with Gasteiger partial charge in [0.2, 0.25) is 0 Å². The van der Waals surface area contributed by atoms with Crippen molar-refractivity contribution in [3.63, 3.8) is 0 Å². The Bertz CT molecular complexity index is 445. The summed E-state index contributed by atoms with van der Waals surface area (Å²) in [5.41, 5.74) is 0.633. The third-order valence-electron chi connectivity index (χ3n) is 3.82. The van der Waals surface area contributed by atoms with Crippen LogP contribution in [0.15, 0.2) is 24.3 Å². The molecule has 5 heteroatoms. The van der Waals surface area contributed by atoms with E-state index in [0.29, 0.717) is 23.3 Å². The molecule has 1 aliphatic carbocycles. The molecule has 0 spiro atoms. The summed E-state index contributed by atoms with van der Waals surface area (Å²) in [5.74, 6) is 0. The Hall–Kier alpha value is -1.26. The van der Waals surface area contributed by atoms with Crippen molar-refractivity contribution in [1.29, 1.82) is 0 Å². The number of halogens is 1. The number of para-hydroxylation sites is 1. The Morgan fingerprint density at radius 3 is 2.52 bits per heavy atom. The molecule has 0 bridgehead atoms. The maximum atomic E-state index is 11.8. The van der Waals surface area contributed by atoms with Crippen molar-refractivity contribution in [3.8, 4) is 0 Å². The van der Waals surface area contributed by atoms with Crippen LogP contribution in [-0.4, -0.2) is 25.2 Å². The summed E-state index contributed by atoms with van der Waals surface area (Å²) in [7, 11) is 0. The Morgan fingerprint density at radius 2 is 1.81 bits per heavy atom. The molecule has 1 saturated carbocycles. The van der Waals surface area contributed by atoms with Gasteiger partial charge in [-0.25, -0.2) is 4.79 Å². The van der Waals surface area contributed by atoms with Gasteiger partial charge in [-0.3, -0.25) is 0 Å². The number of anilines is 1. The molecule has 0 saturated heterocycles. The summed E-state index contributed by atoms with van der Waals surface area (Å²) in [6.45, 7) is 1.42. The van der Waals surface area contributed by atoms with Gasteiger partial charge in [0.1, 0.15) is 0 Å².